The van der Waals surface area contributed by atoms with Gasteiger partial charge in [0.05, 0.1) is 0 Å². The minimum atomic E-state index is 0.876. The lowest BCUT2D eigenvalue weighted by Gasteiger charge is -2.28. The van der Waals surface area contributed by atoms with Gasteiger partial charge in [0.15, 0.2) is 0 Å². The lowest BCUT2D eigenvalue weighted by Crippen LogP contribution is -2.13. The largest absolute Gasteiger partial charge is 0.123 e. The monoisotopic (exact) mass is 464 g/mol. The van der Waals surface area contributed by atoms with Gasteiger partial charge in [0.25, 0.3) is 0 Å². The minimum Gasteiger partial charge on any atom is -0.123 e. The highest BCUT2D eigenvalue weighted by molar-refractivity contribution is 5.21. The second kappa shape index (κ2) is 15.9. The number of hydrogen-bond acceptors (Lipinski definition) is 0. The smallest absolute Gasteiger partial charge is 0.0206 e. The van der Waals surface area contributed by atoms with Gasteiger partial charge < -0.3 is 0 Å². The van der Waals surface area contributed by atoms with E-state index in [1.54, 1.807) is 22.3 Å². The maximum Gasteiger partial charge on any atom is -0.0206 e. The fourth-order valence-corrected chi connectivity index (χ4v) is 6.62. The predicted octanol–water partition coefficient (Wildman–Crippen LogP) is 11.4. The Morgan fingerprint density at radius 1 is 0.735 bits per heavy atom. The third kappa shape index (κ3) is 9.93. The molecule has 3 aliphatic rings. The summed E-state index contributed by atoms with van der Waals surface area (Å²) in [6.07, 6.45) is 34.2. The summed E-state index contributed by atoms with van der Waals surface area (Å²) in [6.45, 7) is 6.99. The molecule has 0 bridgehead atoms. The molecule has 0 heterocycles. The molecule has 3 rings (SSSR count). The Labute approximate surface area is 213 Å². The fourth-order valence-electron chi connectivity index (χ4n) is 6.62. The normalized spacial score (nSPS) is 25.8. The first-order valence-corrected chi connectivity index (χ1v) is 15.5. The second-order valence-electron chi connectivity index (χ2n) is 12.0. The summed E-state index contributed by atoms with van der Waals surface area (Å²) >= 11 is 0. The summed E-state index contributed by atoms with van der Waals surface area (Å²) in [6, 6.07) is 0. The van der Waals surface area contributed by atoms with Crippen molar-refractivity contribution in [1.82, 2.24) is 0 Å². The maximum atomic E-state index is 3.82. The van der Waals surface area contributed by atoms with Gasteiger partial charge in [-0.25, -0.2) is 0 Å². The van der Waals surface area contributed by atoms with Gasteiger partial charge in [0.1, 0.15) is 0 Å². The molecule has 34 heavy (non-hydrogen) atoms. The molecule has 3 saturated carbocycles. The molecule has 3 aliphatic carbocycles. The van der Waals surface area contributed by atoms with Crippen molar-refractivity contribution in [2.45, 2.75) is 156 Å². The Morgan fingerprint density at radius 2 is 1.47 bits per heavy atom. The Hall–Kier alpha value is -1.00. The highest BCUT2D eigenvalue weighted by atomic mass is 14.3. The van der Waals surface area contributed by atoms with Crippen LogP contribution in [0.25, 0.3) is 0 Å². The van der Waals surface area contributed by atoms with Crippen LogP contribution in [0.15, 0.2) is 40.2 Å². The third-order valence-corrected chi connectivity index (χ3v) is 8.95. The Morgan fingerprint density at radius 3 is 2.15 bits per heavy atom. The van der Waals surface area contributed by atoms with E-state index in [-0.39, 0.29) is 0 Å². The van der Waals surface area contributed by atoms with Crippen molar-refractivity contribution in [1.29, 1.82) is 0 Å². The van der Waals surface area contributed by atoms with E-state index in [1.807, 2.05) is 0 Å². The summed E-state index contributed by atoms with van der Waals surface area (Å²) in [5.41, 5.74) is 10.6. The van der Waals surface area contributed by atoms with Crippen LogP contribution >= 0.6 is 0 Å². The van der Waals surface area contributed by atoms with Crippen LogP contribution in [0.5, 0.6) is 0 Å². The van der Waals surface area contributed by atoms with Gasteiger partial charge in [-0.05, 0) is 119 Å². The van der Waals surface area contributed by atoms with E-state index in [0.29, 0.717) is 0 Å². The molecule has 192 valence electrons. The van der Waals surface area contributed by atoms with Crippen molar-refractivity contribution in [3.63, 3.8) is 0 Å². The second-order valence-corrected chi connectivity index (χ2v) is 12.0. The summed E-state index contributed by atoms with van der Waals surface area (Å²) in [5, 5.41) is 0. The fraction of sp³-hybridized carbons (Fsp3) is 0.794. The van der Waals surface area contributed by atoms with E-state index in [9.17, 15) is 0 Å². The van der Waals surface area contributed by atoms with Crippen LogP contribution < -0.4 is 0 Å². The molecule has 0 heteroatoms. The quantitative estimate of drug-likeness (QED) is 0.144. The average Bonchev–Trinajstić information content (AvgIpc) is 2.83. The zero-order valence-electron chi connectivity index (χ0n) is 23.2. The standard InChI is InChI=1S/C34H56/c1-4-7-9-13-28-16-20-31(21-17-28)24-30(12-8-5-2)15-10-14-29-18-22-32(23-19-29)25-34-26-33(27-34)11-6-3/h14,24,28,31,33H,4-13,15-23,26-27H2,1-3H3/b29-14?,30-24+. The lowest BCUT2D eigenvalue weighted by molar-refractivity contribution is 0.288. The molecular formula is C34H56. The van der Waals surface area contributed by atoms with Crippen LogP contribution in [0.1, 0.15) is 156 Å². The SMILES string of the molecule is CCCCCC1CCC(/C=C(/CCC=C2CCC(=C=C3CC(CCC)C3)CC2)CCCC)CC1. The number of hydrogen-bond donors (Lipinski definition) is 0. The maximum absolute atomic E-state index is 3.82. The zero-order chi connectivity index (χ0) is 24.0. The Kier molecular flexibility index (Phi) is 12.9. The highest BCUT2D eigenvalue weighted by Gasteiger charge is 2.22. The van der Waals surface area contributed by atoms with Crippen LogP contribution in [0.3, 0.4) is 0 Å². The van der Waals surface area contributed by atoms with E-state index in [2.05, 4.69) is 38.7 Å². The van der Waals surface area contributed by atoms with Crippen LogP contribution in [0.2, 0.25) is 0 Å². The molecule has 0 amide bonds. The van der Waals surface area contributed by atoms with Crippen molar-refractivity contribution in [3.8, 4) is 0 Å². The molecule has 0 radical (unpaired) electrons. The summed E-state index contributed by atoms with van der Waals surface area (Å²) in [7, 11) is 0. The Bertz CT molecular complexity index is 682. The first-order valence-electron chi connectivity index (χ1n) is 15.5. The molecule has 0 unspecified atom stereocenters. The van der Waals surface area contributed by atoms with Crippen molar-refractivity contribution >= 4 is 0 Å². The van der Waals surface area contributed by atoms with E-state index < -0.39 is 0 Å². The first kappa shape index (κ1) is 27.6. The molecule has 0 saturated heterocycles. The van der Waals surface area contributed by atoms with Crippen molar-refractivity contribution < 1.29 is 0 Å². The number of rotatable bonds is 13. The van der Waals surface area contributed by atoms with Gasteiger partial charge >= 0.3 is 0 Å². The molecule has 0 aromatic heterocycles. The van der Waals surface area contributed by atoms with Gasteiger partial charge in [-0.15, -0.1) is 5.73 Å². The van der Waals surface area contributed by atoms with Crippen LogP contribution in [-0.2, 0) is 0 Å². The van der Waals surface area contributed by atoms with Crippen LogP contribution in [0, 0.1) is 17.8 Å². The van der Waals surface area contributed by atoms with Crippen molar-refractivity contribution in [2.75, 3.05) is 0 Å². The number of allylic oxidation sites excluding steroid dienone is 5. The molecule has 0 N–H and O–H groups in total. The highest BCUT2D eigenvalue weighted by Crippen LogP contribution is 2.37. The molecule has 0 nitrogen and oxygen atoms in total. The van der Waals surface area contributed by atoms with Gasteiger partial charge in [-0.1, -0.05) is 89.0 Å². The average molecular weight is 465 g/mol. The van der Waals surface area contributed by atoms with Crippen LogP contribution in [0.4, 0.5) is 0 Å². The first-order chi connectivity index (χ1) is 16.7. The molecule has 0 spiro atoms. The van der Waals surface area contributed by atoms with E-state index in [0.717, 1.165) is 17.8 Å². The van der Waals surface area contributed by atoms with Gasteiger partial charge in [-0.2, -0.15) is 0 Å². The lowest BCUT2D eigenvalue weighted by atomic mass is 9.77. The summed E-state index contributed by atoms with van der Waals surface area (Å²) < 4.78 is 0. The molecule has 3 fully saturated rings. The molecule has 0 atom stereocenters. The molecular weight excluding hydrogens is 408 g/mol. The zero-order valence-corrected chi connectivity index (χ0v) is 23.2. The van der Waals surface area contributed by atoms with Crippen molar-refractivity contribution in [2.24, 2.45) is 17.8 Å². The minimum absolute atomic E-state index is 0.876. The third-order valence-electron chi connectivity index (χ3n) is 8.95. The molecule has 0 aliphatic heterocycles. The van der Waals surface area contributed by atoms with Gasteiger partial charge in [0.2, 0.25) is 0 Å². The topological polar surface area (TPSA) is 0 Å². The number of unbranched alkanes of at least 4 members (excludes halogenated alkanes) is 3. The predicted molar refractivity (Wildman–Crippen MR) is 151 cm³/mol. The molecule has 0 aromatic carbocycles. The van der Waals surface area contributed by atoms with E-state index in [1.165, 1.54) is 135 Å². The van der Waals surface area contributed by atoms with E-state index >= 15 is 0 Å². The van der Waals surface area contributed by atoms with E-state index in [4.69, 9.17) is 0 Å². The van der Waals surface area contributed by atoms with Crippen molar-refractivity contribution in [3.05, 3.63) is 40.2 Å². The van der Waals surface area contributed by atoms with Gasteiger partial charge in [0, 0.05) is 0 Å². The summed E-state index contributed by atoms with van der Waals surface area (Å²) in [4.78, 5) is 0. The Balaban J connectivity index is 1.41. The molecule has 0 aromatic rings. The summed E-state index contributed by atoms with van der Waals surface area (Å²) in [5.74, 6) is 2.88. The van der Waals surface area contributed by atoms with Crippen LogP contribution in [-0.4, -0.2) is 0 Å². The van der Waals surface area contributed by atoms with Gasteiger partial charge in [-0.3, -0.25) is 0 Å².